The molecule has 1 aliphatic rings. The van der Waals surface area contributed by atoms with E-state index in [2.05, 4.69) is 0 Å². The normalized spacial score (nSPS) is 14.7. The van der Waals surface area contributed by atoms with E-state index in [1.807, 2.05) is 42.5 Å². The summed E-state index contributed by atoms with van der Waals surface area (Å²) in [6.45, 7) is -2.28. The molecule has 0 aliphatic heterocycles. The number of fused-ring (bicyclic) bond motifs is 2. The number of nitrogens with zero attached hydrogens (tertiary/aromatic N) is 1. The number of benzene rings is 2. The summed E-state index contributed by atoms with van der Waals surface area (Å²) in [5.74, 6) is -1.77. The van der Waals surface area contributed by atoms with Crippen LogP contribution in [0.4, 0.5) is 13.2 Å². The Balaban J connectivity index is 1.68. The molecule has 0 bridgehead atoms. The molecule has 3 aromatic rings. The maximum absolute atomic E-state index is 13.0. The molecule has 0 fully saturated rings. The number of allylic oxidation sites excluding steroid dienone is 1. The largest absolute Gasteiger partial charge is 0.452 e. The molecule has 0 radical (unpaired) electrons. The van der Waals surface area contributed by atoms with Crippen LogP contribution in [-0.2, 0) is 16.0 Å². The molecule has 0 atom stereocenters. The summed E-state index contributed by atoms with van der Waals surface area (Å²) in [5, 5.41) is 2.28. The van der Waals surface area contributed by atoms with E-state index in [1.165, 1.54) is 0 Å². The van der Waals surface area contributed by atoms with Crippen LogP contribution in [0, 0.1) is 0 Å². The summed E-state index contributed by atoms with van der Waals surface area (Å²) >= 11 is 0. The zero-order valence-corrected chi connectivity index (χ0v) is 17.6. The highest BCUT2D eigenvalue weighted by atomic mass is 19.4. The first-order chi connectivity index (χ1) is 15.8. The molecule has 5 nitrogen and oxygen atoms in total. The Bertz CT molecular complexity index is 1220. The smallest absolute Gasteiger partial charge is 0.405 e. The van der Waals surface area contributed by atoms with E-state index in [4.69, 9.17) is 9.72 Å². The second-order valence-electron chi connectivity index (χ2n) is 7.73. The second kappa shape index (κ2) is 9.44. The molecule has 2 aromatic carbocycles. The quantitative estimate of drug-likeness (QED) is 0.554. The highest BCUT2D eigenvalue weighted by molar-refractivity contribution is 6.07. The second-order valence-corrected chi connectivity index (χ2v) is 7.73. The van der Waals surface area contributed by atoms with Crippen molar-refractivity contribution in [2.45, 2.75) is 25.4 Å². The summed E-state index contributed by atoms with van der Waals surface area (Å²) in [7, 11) is 0. The van der Waals surface area contributed by atoms with Crippen molar-refractivity contribution in [2.24, 2.45) is 0 Å². The molecule has 170 valence electrons. The lowest BCUT2D eigenvalue weighted by atomic mass is 9.86. The number of aromatic nitrogens is 1. The molecule has 1 amide bonds. The maximum atomic E-state index is 13.0. The van der Waals surface area contributed by atoms with Crippen molar-refractivity contribution in [2.75, 3.05) is 13.2 Å². The number of halogens is 3. The van der Waals surface area contributed by atoms with Crippen LogP contribution >= 0.6 is 0 Å². The van der Waals surface area contributed by atoms with E-state index in [9.17, 15) is 22.8 Å². The zero-order chi connectivity index (χ0) is 23.4. The van der Waals surface area contributed by atoms with Gasteiger partial charge in [0.15, 0.2) is 6.61 Å². The van der Waals surface area contributed by atoms with Crippen LogP contribution in [0.5, 0.6) is 0 Å². The average molecular weight is 454 g/mol. The van der Waals surface area contributed by atoms with Crippen LogP contribution in [0.1, 0.15) is 40.0 Å². The SMILES string of the molecule is O=C(COC(=O)c1c2c(nc3ccccc13)/C(=C/c1ccccc1)CCC2)NCC(F)(F)F. The van der Waals surface area contributed by atoms with Crippen molar-refractivity contribution in [3.63, 3.8) is 0 Å². The number of ether oxygens (including phenoxy) is 1. The van der Waals surface area contributed by atoms with E-state index in [-0.39, 0.29) is 0 Å². The van der Waals surface area contributed by atoms with Gasteiger partial charge in [0.25, 0.3) is 5.91 Å². The molecule has 1 heterocycles. The van der Waals surface area contributed by atoms with Gasteiger partial charge >= 0.3 is 12.1 Å². The topological polar surface area (TPSA) is 68.3 Å². The number of esters is 1. The molecule has 0 saturated carbocycles. The summed E-state index contributed by atoms with van der Waals surface area (Å²) in [6.07, 6.45) is -0.301. The number of hydrogen-bond acceptors (Lipinski definition) is 4. The standard InChI is InChI=1S/C25H21F3N2O3/c26-25(27,28)15-29-21(31)14-33-24(32)22-18-10-4-5-12-20(18)30-23-17(9-6-11-19(22)23)13-16-7-2-1-3-8-16/h1-5,7-8,10,12-13H,6,9,11,14-15H2,(H,29,31)/b17-13+. The lowest BCUT2D eigenvalue weighted by molar-refractivity contribution is -0.140. The Hall–Kier alpha value is -3.68. The molecular formula is C25H21F3N2O3. The van der Waals surface area contributed by atoms with Gasteiger partial charge in [-0.1, -0.05) is 48.5 Å². The number of carbonyl (C=O) groups excluding carboxylic acids is 2. The van der Waals surface area contributed by atoms with Crippen LogP contribution in [-0.4, -0.2) is 36.2 Å². The van der Waals surface area contributed by atoms with Crippen molar-refractivity contribution in [1.29, 1.82) is 0 Å². The van der Waals surface area contributed by atoms with Crippen LogP contribution in [0.15, 0.2) is 54.6 Å². The monoisotopic (exact) mass is 454 g/mol. The Morgan fingerprint density at radius 2 is 1.76 bits per heavy atom. The fraction of sp³-hybridized carbons (Fsp3) is 0.240. The van der Waals surface area contributed by atoms with Crippen molar-refractivity contribution < 1.29 is 27.5 Å². The predicted octanol–water partition coefficient (Wildman–Crippen LogP) is 4.95. The Kier molecular flexibility index (Phi) is 6.44. The van der Waals surface area contributed by atoms with Gasteiger partial charge in [-0.05, 0) is 48.1 Å². The minimum absolute atomic E-state index is 0.304. The third kappa shape index (κ3) is 5.39. The van der Waals surface area contributed by atoms with Gasteiger partial charge in [-0.25, -0.2) is 9.78 Å². The van der Waals surface area contributed by atoms with Gasteiger partial charge in [0.2, 0.25) is 0 Å². The molecule has 4 rings (SSSR count). The van der Waals surface area contributed by atoms with Gasteiger partial charge in [-0.2, -0.15) is 13.2 Å². The molecule has 0 unspecified atom stereocenters. The molecule has 0 saturated heterocycles. The Morgan fingerprint density at radius 3 is 2.52 bits per heavy atom. The lowest BCUT2D eigenvalue weighted by Gasteiger charge is -2.22. The predicted molar refractivity (Wildman–Crippen MR) is 118 cm³/mol. The fourth-order valence-corrected chi connectivity index (χ4v) is 3.91. The minimum Gasteiger partial charge on any atom is -0.452 e. The number of rotatable bonds is 5. The highest BCUT2D eigenvalue weighted by Gasteiger charge is 2.29. The molecule has 0 spiro atoms. The van der Waals surface area contributed by atoms with Crippen molar-refractivity contribution in [3.05, 3.63) is 77.0 Å². The number of carbonyl (C=O) groups is 2. The van der Waals surface area contributed by atoms with E-state index in [0.717, 1.165) is 29.5 Å². The molecule has 1 aliphatic carbocycles. The van der Waals surface area contributed by atoms with Crippen LogP contribution in [0.25, 0.3) is 22.6 Å². The van der Waals surface area contributed by atoms with Gasteiger partial charge in [0.05, 0.1) is 16.8 Å². The van der Waals surface area contributed by atoms with Crippen LogP contribution in [0.3, 0.4) is 0 Å². The van der Waals surface area contributed by atoms with Gasteiger partial charge in [-0.3, -0.25) is 4.79 Å². The van der Waals surface area contributed by atoms with Crippen LogP contribution < -0.4 is 5.32 Å². The third-order valence-corrected chi connectivity index (χ3v) is 5.34. The van der Waals surface area contributed by atoms with E-state index < -0.39 is 31.2 Å². The number of nitrogens with one attached hydrogen (secondary N) is 1. The third-order valence-electron chi connectivity index (χ3n) is 5.34. The van der Waals surface area contributed by atoms with Crippen LogP contribution in [0.2, 0.25) is 0 Å². The number of alkyl halides is 3. The first-order valence-electron chi connectivity index (χ1n) is 10.5. The van der Waals surface area contributed by atoms with Crippen molar-refractivity contribution >= 4 is 34.4 Å². The lowest BCUT2D eigenvalue weighted by Crippen LogP contribution is -2.36. The van der Waals surface area contributed by atoms with Crippen molar-refractivity contribution in [1.82, 2.24) is 10.3 Å². The van der Waals surface area contributed by atoms with Gasteiger partial charge in [0, 0.05) is 5.39 Å². The van der Waals surface area contributed by atoms with Crippen molar-refractivity contribution in [3.8, 4) is 0 Å². The fourth-order valence-electron chi connectivity index (χ4n) is 3.91. The molecule has 33 heavy (non-hydrogen) atoms. The Labute approximate surface area is 188 Å². The van der Waals surface area contributed by atoms with E-state index in [0.29, 0.717) is 28.6 Å². The van der Waals surface area contributed by atoms with Gasteiger partial charge in [0.1, 0.15) is 6.54 Å². The molecular weight excluding hydrogens is 433 g/mol. The average Bonchev–Trinajstić information content (AvgIpc) is 2.80. The summed E-state index contributed by atoms with van der Waals surface area (Å²) in [6, 6.07) is 16.9. The van der Waals surface area contributed by atoms with Gasteiger partial charge < -0.3 is 10.1 Å². The number of hydrogen-bond donors (Lipinski definition) is 1. The Morgan fingerprint density at radius 1 is 1.03 bits per heavy atom. The first-order valence-corrected chi connectivity index (χ1v) is 10.5. The number of amides is 1. The number of para-hydroxylation sites is 1. The summed E-state index contributed by atoms with van der Waals surface area (Å²) in [4.78, 5) is 29.6. The summed E-state index contributed by atoms with van der Waals surface area (Å²) < 4.78 is 42.0. The molecule has 1 aromatic heterocycles. The minimum atomic E-state index is -4.54. The first kappa shape index (κ1) is 22.5. The number of pyridine rings is 1. The molecule has 1 N–H and O–H groups in total. The maximum Gasteiger partial charge on any atom is 0.405 e. The van der Waals surface area contributed by atoms with Gasteiger partial charge in [-0.15, -0.1) is 0 Å². The van der Waals surface area contributed by atoms with E-state index in [1.54, 1.807) is 23.5 Å². The molecule has 8 heteroatoms. The zero-order valence-electron chi connectivity index (χ0n) is 17.6. The summed E-state index contributed by atoms with van der Waals surface area (Å²) in [5.41, 5.74) is 4.34. The van der Waals surface area contributed by atoms with E-state index >= 15 is 0 Å². The highest BCUT2D eigenvalue weighted by Crippen LogP contribution is 2.36.